The molecule has 0 saturated carbocycles. The van der Waals surface area contributed by atoms with Crippen LogP contribution in [0.15, 0.2) is 47.5 Å². The molecule has 3 rings (SSSR count). The number of hydrogen-bond acceptors (Lipinski definition) is 4. The Morgan fingerprint density at radius 1 is 1.10 bits per heavy atom. The first-order valence-electron chi connectivity index (χ1n) is 10.7. The van der Waals surface area contributed by atoms with Crippen LogP contribution in [0, 0.1) is 6.92 Å². The van der Waals surface area contributed by atoms with Gasteiger partial charge in [0.05, 0.1) is 26.9 Å². The van der Waals surface area contributed by atoms with Crippen molar-refractivity contribution in [3.8, 4) is 5.75 Å². The molecule has 0 aliphatic carbocycles. The molecule has 162 valence electrons. The van der Waals surface area contributed by atoms with Crippen LogP contribution in [-0.2, 0) is 24.4 Å². The molecule has 2 N–H and O–H groups in total. The number of nitrogens with zero attached hydrogens (tertiary/aromatic N) is 2. The van der Waals surface area contributed by atoms with E-state index in [1.165, 1.54) is 16.7 Å². The van der Waals surface area contributed by atoms with Gasteiger partial charge in [0.1, 0.15) is 5.75 Å². The van der Waals surface area contributed by atoms with Crippen molar-refractivity contribution in [2.24, 2.45) is 4.99 Å². The molecular formula is C24H34N4O2. The molecule has 0 spiro atoms. The van der Waals surface area contributed by atoms with Crippen LogP contribution in [0.1, 0.15) is 29.2 Å². The van der Waals surface area contributed by atoms with E-state index in [9.17, 15) is 0 Å². The Kier molecular flexibility index (Phi) is 8.53. The molecule has 2 aromatic rings. The quantitative estimate of drug-likeness (QED) is 0.517. The van der Waals surface area contributed by atoms with Gasteiger partial charge in [-0.3, -0.25) is 4.90 Å². The normalized spacial score (nSPS) is 15.1. The summed E-state index contributed by atoms with van der Waals surface area (Å²) < 4.78 is 10.8. The maximum Gasteiger partial charge on any atom is 0.191 e. The van der Waals surface area contributed by atoms with Crippen molar-refractivity contribution in [2.45, 2.75) is 33.5 Å². The second kappa shape index (κ2) is 11.6. The molecule has 1 fully saturated rings. The molecule has 1 aliphatic rings. The van der Waals surface area contributed by atoms with Gasteiger partial charge in [-0.05, 0) is 42.2 Å². The fourth-order valence-corrected chi connectivity index (χ4v) is 3.61. The molecule has 6 nitrogen and oxygen atoms in total. The minimum Gasteiger partial charge on any atom is -0.496 e. The van der Waals surface area contributed by atoms with Crippen LogP contribution in [0.2, 0.25) is 0 Å². The molecule has 2 aromatic carbocycles. The molecule has 0 amide bonds. The predicted molar refractivity (Wildman–Crippen MR) is 122 cm³/mol. The summed E-state index contributed by atoms with van der Waals surface area (Å²) in [6.07, 6.45) is 0. The van der Waals surface area contributed by atoms with Crippen molar-refractivity contribution in [2.75, 3.05) is 40.0 Å². The topological polar surface area (TPSA) is 58.1 Å². The molecular weight excluding hydrogens is 376 g/mol. The zero-order valence-electron chi connectivity index (χ0n) is 18.4. The number of guanidine groups is 1. The monoisotopic (exact) mass is 410 g/mol. The molecule has 0 unspecified atom stereocenters. The number of aliphatic imine (C=N–C) groups is 1. The number of ether oxygens (including phenoxy) is 2. The molecule has 1 aliphatic heterocycles. The third kappa shape index (κ3) is 6.47. The summed E-state index contributed by atoms with van der Waals surface area (Å²) in [7, 11) is 1.70. The van der Waals surface area contributed by atoms with Gasteiger partial charge in [0, 0.05) is 32.7 Å². The van der Waals surface area contributed by atoms with Gasteiger partial charge in [-0.1, -0.05) is 36.4 Å². The molecule has 1 saturated heterocycles. The Hall–Kier alpha value is -2.57. The van der Waals surface area contributed by atoms with E-state index in [0.717, 1.165) is 63.2 Å². The molecule has 0 bridgehead atoms. The maximum atomic E-state index is 5.47. The summed E-state index contributed by atoms with van der Waals surface area (Å²) in [5.74, 6) is 1.73. The molecule has 1 heterocycles. The Bertz CT molecular complexity index is 832. The van der Waals surface area contributed by atoms with E-state index < -0.39 is 0 Å². The van der Waals surface area contributed by atoms with E-state index in [4.69, 9.17) is 14.5 Å². The van der Waals surface area contributed by atoms with Gasteiger partial charge in [0.25, 0.3) is 0 Å². The molecule has 0 aromatic heterocycles. The van der Waals surface area contributed by atoms with Gasteiger partial charge in [0.15, 0.2) is 5.96 Å². The van der Waals surface area contributed by atoms with Gasteiger partial charge >= 0.3 is 0 Å². The lowest BCUT2D eigenvalue weighted by Gasteiger charge is -2.27. The first-order chi connectivity index (χ1) is 14.7. The summed E-state index contributed by atoms with van der Waals surface area (Å²) in [5, 5.41) is 6.84. The van der Waals surface area contributed by atoms with Crippen LogP contribution in [0.25, 0.3) is 0 Å². The number of benzene rings is 2. The number of methoxy groups -OCH3 is 1. The van der Waals surface area contributed by atoms with Crippen LogP contribution < -0.4 is 15.4 Å². The van der Waals surface area contributed by atoms with Gasteiger partial charge in [0.2, 0.25) is 0 Å². The Balaban J connectivity index is 1.63. The minimum atomic E-state index is 0.621. The second-order valence-electron chi connectivity index (χ2n) is 7.51. The van der Waals surface area contributed by atoms with Gasteiger partial charge in [-0.2, -0.15) is 0 Å². The fraction of sp³-hybridized carbons (Fsp3) is 0.458. The van der Waals surface area contributed by atoms with E-state index in [1.807, 2.05) is 6.07 Å². The highest BCUT2D eigenvalue weighted by molar-refractivity contribution is 5.79. The van der Waals surface area contributed by atoms with Gasteiger partial charge in [-0.15, -0.1) is 0 Å². The lowest BCUT2D eigenvalue weighted by molar-refractivity contribution is 0.0341. The van der Waals surface area contributed by atoms with Gasteiger partial charge < -0.3 is 20.1 Å². The zero-order chi connectivity index (χ0) is 21.2. The van der Waals surface area contributed by atoms with Crippen molar-refractivity contribution in [3.05, 3.63) is 64.7 Å². The molecule has 0 atom stereocenters. The highest BCUT2D eigenvalue weighted by Crippen LogP contribution is 2.19. The standard InChI is InChI=1S/C24H34N4O2/c1-4-25-24(26-16-20-9-10-23(29-3)19(2)15-20)27-17-21-7-5-6-8-22(21)18-28-11-13-30-14-12-28/h5-10,15H,4,11-14,16-18H2,1-3H3,(H2,25,26,27). The molecule has 30 heavy (non-hydrogen) atoms. The zero-order valence-corrected chi connectivity index (χ0v) is 18.4. The van der Waals surface area contributed by atoms with E-state index in [-0.39, 0.29) is 0 Å². The first-order valence-corrected chi connectivity index (χ1v) is 10.7. The van der Waals surface area contributed by atoms with Crippen molar-refractivity contribution in [1.29, 1.82) is 0 Å². The van der Waals surface area contributed by atoms with Crippen molar-refractivity contribution < 1.29 is 9.47 Å². The lowest BCUT2D eigenvalue weighted by atomic mass is 10.1. The smallest absolute Gasteiger partial charge is 0.191 e. The van der Waals surface area contributed by atoms with Crippen LogP contribution in [0.3, 0.4) is 0 Å². The van der Waals surface area contributed by atoms with Crippen molar-refractivity contribution in [1.82, 2.24) is 15.5 Å². The summed E-state index contributed by atoms with van der Waals surface area (Å²) in [6, 6.07) is 14.8. The number of aryl methyl sites for hydroxylation is 1. The number of nitrogens with one attached hydrogen (secondary N) is 2. The summed E-state index contributed by atoms with van der Waals surface area (Å²) in [4.78, 5) is 7.22. The minimum absolute atomic E-state index is 0.621. The first kappa shape index (κ1) is 22.1. The van der Waals surface area contributed by atoms with Crippen LogP contribution in [-0.4, -0.2) is 50.8 Å². The Morgan fingerprint density at radius 3 is 2.57 bits per heavy atom. The SMILES string of the molecule is CCNC(=NCc1ccc(OC)c(C)c1)NCc1ccccc1CN1CCOCC1. The fourth-order valence-electron chi connectivity index (χ4n) is 3.61. The highest BCUT2D eigenvalue weighted by Gasteiger charge is 2.12. The summed E-state index contributed by atoms with van der Waals surface area (Å²) in [5.41, 5.74) is 4.95. The largest absolute Gasteiger partial charge is 0.496 e. The van der Waals surface area contributed by atoms with Crippen LogP contribution >= 0.6 is 0 Å². The number of hydrogen-bond donors (Lipinski definition) is 2. The molecule has 6 heteroatoms. The Morgan fingerprint density at radius 2 is 1.87 bits per heavy atom. The van der Waals surface area contributed by atoms with Crippen LogP contribution in [0.4, 0.5) is 0 Å². The third-order valence-electron chi connectivity index (χ3n) is 5.29. The second-order valence-corrected chi connectivity index (χ2v) is 7.51. The summed E-state index contributed by atoms with van der Waals surface area (Å²) in [6.45, 7) is 10.9. The predicted octanol–water partition coefficient (Wildman–Crippen LogP) is 3.09. The highest BCUT2D eigenvalue weighted by atomic mass is 16.5. The third-order valence-corrected chi connectivity index (χ3v) is 5.29. The Labute approximate surface area is 180 Å². The average Bonchev–Trinajstić information content (AvgIpc) is 2.77. The average molecular weight is 411 g/mol. The van der Waals surface area contributed by atoms with Gasteiger partial charge in [-0.25, -0.2) is 4.99 Å². The maximum absolute atomic E-state index is 5.47. The lowest BCUT2D eigenvalue weighted by Crippen LogP contribution is -2.38. The number of rotatable bonds is 8. The molecule has 0 radical (unpaired) electrons. The van der Waals surface area contributed by atoms with Crippen molar-refractivity contribution in [3.63, 3.8) is 0 Å². The van der Waals surface area contributed by atoms with E-state index in [2.05, 4.69) is 65.8 Å². The van der Waals surface area contributed by atoms with Crippen LogP contribution in [0.5, 0.6) is 5.75 Å². The van der Waals surface area contributed by atoms with E-state index >= 15 is 0 Å². The summed E-state index contributed by atoms with van der Waals surface area (Å²) >= 11 is 0. The number of morpholine rings is 1. The van der Waals surface area contributed by atoms with E-state index in [1.54, 1.807) is 7.11 Å². The van der Waals surface area contributed by atoms with Crippen molar-refractivity contribution >= 4 is 5.96 Å². The van der Waals surface area contributed by atoms with E-state index in [0.29, 0.717) is 6.54 Å².